The third-order valence-electron chi connectivity index (χ3n) is 6.46. The van der Waals surface area contributed by atoms with Gasteiger partial charge in [-0.25, -0.2) is 4.68 Å². The van der Waals surface area contributed by atoms with Crippen LogP contribution in [0.3, 0.4) is 0 Å². The maximum Gasteiger partial charge on any atom is 0.290 e. The Morgan fingerprint density at radius 2 is 1.43 bits per heavy atom. The Hall–Kier alpha value is -3.03. The third kappa shape index (κ3) is 4.94. The van der Waals surface area contributed by atoms with E-state index in [0.29, 0.717) is 49.9 Å². The highest BCUT2D eigenvalue weighted by molar-refractivity contribution is 6.35. The summed E-state index contributed by atoms with van der Waals surface area (Å²) in [5, 5.41) is 6.58. The monoisotopic (exact) mass is 572 g/mol. The molecule has 0 unspecified atom stereocenters. The van der Waals surface area contributed by atoms with E-state index in [4.69, 9.17) is 46.4 Å². The van der Waals surface area contributed by atoms with Crippen LogP contribution in [0.15, 0.2) is 66.7 Å². The van der Waals surface area contributed by atoms with Crippen LogP contribution in [0.4, 0.5) is 0 Å². The molecular formula is C27H20Cl4N4O2. The molecule has 6 nitrogen and oxygen atoms in total. The summed E-state index contributed by atoms with van der Waals surface area (Å²) >= 11 is 24.7. The second-order valence-electron chi connectivity index (χ2n) is 8.83. The minimum atomic E-state index is -0.683. The van der Waals surface area contributed by atoms with E-state index < -0.39 is 11.3 Å². The van der Waals surface area contributed by atoms with E-state index in [-0.39, 0.29) is 11.6 Å². The van der Waals surface area contributed by atoms with E-state index in [1.165, 1.54) is 0 Å². The third-order valence-corrected chi connectivity index (χ3v) is 7.51. The molecule has 5 rings (SSSR count). The summed E-state index contributed by atoms with van der Waals surface area (Å²) in [4.78, 5) is 26.3. The van der Waals surface area contributed by atoms with Crippen molar-refractivity contribution in [1.29, 1.82) is 0 Å². The van der Waals surface area contributed by atoms with Crippen molar-refractivity contribution in [2.24, 2.45) is 0 Å². The van der Waals surface area contributed by atoms with Gasteiger partial charge in [0, 0.05) is 26.2 Å². The van der Waals surface area contributed by atoms with Crippen LogP contribution < -0.4 is 10.9 Å². The molecule has 1 fully saturated rings. The summed E-state index contributed by atoms with van der Waals surface area (Å²) in [6, 6.07) is 19.4. The zero-order chi connectivity index (χ0) is 26.3. The minimum Gasteiger partial charge on any atom is -0.272 e. The van der Waals surface area contributed by atoms with Crippen LogP contribution in [0.1, 0.15) is 34.5 Å². The lowest BCUT2D eigenvalue weighted by Crippen LogP contribution is -2.46. The van der Waals surface area contributed by atoms with E-state index in [1.807, 2.05) is 24.3 Å². The van der Waals surface area contributed by atoms with E-state index in [9.17, 15) is 9.59 Å². The van der Waals surface area contributed by atoms with Gasteiger partial charge in [-0.3, -0.25) is 20.4 Å². The van der Waals surface area contributed by atoms with E-state index in [0.717, 1.165) is 11.1 Å². The van der Waals surface area contributed by atoms with Crippen molar-refractivity contribution in [2.45, 2.75) is 25.2 Å². The Labute approximate surface area is 233 Å². The highest BCUT2D eigenvalue weighted by Crippen LogP contribution is 2.48. The molecule has 1 aliphatic rings. The van der Waals surface area contributed by atoms with Gasteiger partial charge in [-0.15, -0.1) is 0 Å². The number of aromatic nitrogens is 2. The Morgan fingerprint density at radius 1 is 0.838 bits per heavy atom. The molecule has 0 aliphatic heterocycles. The second kappa shape index (κ2) is 10.0. The molecule has 1 aliphatic carbocycles. The lowest BCUT2D eigenvalue weighted by Gasteiger charge is -2.16. The highest BCUT2D eigenvalue weighted by Gasteiger charge is 2.51. The van der Waals surface area contributed by atoms with Gasteiger partial charge in [0.05, 0.1) is 21.8 Å². The van der Waals surface area contributed by atoms with Crippen molar-refractivity contribution in [3.05, 3.63) is 104 Å². The van der Waals surface area contributed by atoms with Crippen molar-refractivity contribution in [3.8, 4) is 16.9 Å². The molecule has 0 radical (unpaired) electrons. The molecule has 1 saturated carbocycles. The first-order valence-corrected chi connectivity index (χ1v) is 12.9. The van der Waals surface area contributed by atoms with Crippen molar-refractivity contribution in [1.82, 2.24) is 20.6 Å². The molecule has 37 heavy (non-hydrogen) atoms. The van der Waals surface area contributed by atoms with Crippen molar-refractivity contribution in [2.75, 3.05) is 0 Å². The van der Waals surface area contributed by atoms with Crippen LogP contribution in [0.2, 0.25) is 20.1 Å². The maximum absolute atomic E-state index is 13.2. The number of benzene rings is 3. The molecule has 10 heteroatoms. The first kappa shape index (κ1) is 25.6. The first-order chi connectivity index (χ1) is 17.7. The van der Waals surface area contributed by atoms with Gasteiger partial charge in [0.1, 0.15) is 0 Å². The summed E-state index contributed by atoms with van der Waals surface area (Å²) in [7, 11) is 0. The number of hydrazine groups is 1. The standard InChI is InChI=1S/C27H20Cl4N4O2/c1-15-23(25(36)32-33-26(37)27(12-13-27)17-4-8-19(29)9-5-17)34-35(22-11-10-20(30)14-21(22)31)24(15)16-2-6-18(28)7-3-16/h2-11,14H,12-13H2,1H3,(H,32,36)(H,33,37). The Kier molecular flexibility index (Phi) is 6.94. The second-order valence-corrected chi connectivity index (χ2v) is 10.6. The van der Waals surface area contributed by atoms with Gasteiger partial charge in [-0.1, -0.05) is 70.7 Å². The molecule has 0 bridgehead atoms. The molecule has 0 saturated heterocycles. The maximum atomic E-state index is 13.2. The fourth-order valence-corrected chi connectivity index (χ4v) is 5.06. The molecule has 3 aromatic carbocycles. The molecule has 4 aromatic rings. The smallest absolute Gasteiger partial charge is 0.272 e. The topological polar surface area (TPSA) is 76.0 Å². The number of hydrogen-bond acceptors (Lipinski definition) is 3. The van der Waals surface area contributed by atoms with E-state index in [1.54, 1.807) is 54.1 Å². The van der Waals surface area contributed by atoms with Crippen LogP contribution in [0, 0.1) is 6.92 Å². The lowest BCUT2D eigenvalue weighted by atomic mass is 9.95. The summed E-state index contributed by atoms with van der Waals surface area (Å²) in [6.07, 6.45) is 1.36. The molecule has 1 heterocycles. The number of nitrogens with one attached hydrogen (secondary N) is 2. The molecule has 0 atom stereocenters. The van der Waals surface area contributed by atoms with Crippen LogP contribution >= 0.6 is 46.4 Å². The van der Waals surface area contributed by atoms with Gasteiger partial charge < -0.3 is 0 Å². The number of halogens is 4. The van der Waals surface area contributed by atoms with Crippen LogP contribution in [0.25, 0.3) is 16.9 Å². The number of hydrogen-bond donors (Lipinski definition) is 2. The van der Waals surface area contributed by atoms with Gasteiger partial charge in [0.2, 0.25) is 5.91 Å². The number of amides is 2. The Balaban J connectivity index is 1.45. The average molecular weight is 574 g/mol. The minimum absolute atomic E-state index is 0.132. The van der Waals surface area contributed by atoms with Gasteiger partial charge in [0.15, 0.2) is 5.69 Å². The summed E-state index contributed by atoms with van der Waals surface area (Å²) in [5.74, 6) is -0.851. The highest BCUT2D eigenvalue weighted by atomic mass is 35.5. The van der Waals surface area contributed by atoms with Crippen molar-refractivity contribution < 1.29 is 9.59 Å². The fraction of sp³-hybridized carbons (Fsp3) is 0.148. The van der Waals surface area contributed by atoms with Crippen molar-refractivity contribution in [3.63, 3.8) is 0 Å². The summed E-state index contributed by atoms with van der Waals surface area (Å²) in [6.45, 7) is 1.78. The van der Waals surface area contributed by atoms with Gasteiger partial charge in [0.25, 0.3) is 5.91 Å². The SMILES string of the molecule is Cc1c(C(=O)NNC(=O)C2(c3ccc(Cl)cc3)CC2)nn(-c2ccc(Cl)cc2Cl)c1-c1ccc(Cl)cc1. The first-order valence-electron chi connectivity index (χ1n) is 11.4. The molecule has 1 aromatic heterocycles. The fourth-order valence-electron chi connectivity index (χ4n) is 4.32. The van der Waals surface area contributed by atoms with Gasteiger partial charge in [-0.2, -0.15) is 5.10 Å². The van der Waals surface area contributed by atoms with E-state index in [2.05, 4.69) is 16.0 Å². The summed E-state index contributed by atoms with van der Waals surface area (Å²) in [5.41, 5.74) is 7.98. The number of rotatable bonds is 5. The average Bonchev–Trinajstić information content (AvgIpc) is 3.62. The predicted octanol–water partition coefficient (Wildman–Crippen LogP) is 6.95. The Morgan fingerprint density at radius 3 is 2.03 bits per heavy atom. The molecule has 188 valence electrons. The van der Waals surface area contributed by atoms with E-state index >= 15 is 0 Å². The number of nitrogens with zero attached hydrogens (tertiary/aromatic N) is 2. The molecule has 2 amide bonds. The van der Waals surface area contributed by atoms with Gasteiger partial charge >= 0.3 is 0 Å². The summed E-state index contributed by atoms with van der Waals surface area (Å²) < 4.78 is 1.59. The molecule has 0 spiro atoms. The van der Waals surface area contributed by atoms with Gasteiger partial charge in [-0.05, 0) is 67.8 Å². The lowest BCUT2D eigenvalue weighted by molar-refractivity contribution is -0.124. The predicted molar refractivity (Wildman–Crippen MR) is 147 cm³/mol. The van der Waals surface area contributed by atoms with Crippen molar-refractivity contribution >= 4 is 58.2 Å². The quantitative estimate of drug-likeness (QED) is 0.253. The van der Waals surface area contributed by atoms with Crippen LogP contribution in [-0.4, -0.2) is 21.6 Å². The number of carbonyl (C=O) groups is 2. The zero-order valence-corrected chi connectivity index (χ0v) is 22.5. The number of carbonyl (C=O) groups excluding carboxylic acids is 2. The van der Waals surface area contributed by atoms with Crippen LogP contribution in [-0.2, 0) is 10.2 Å². The van der Waals surface area contributed by atoms with Crippen LogP contribution in [0.5, 0.6) is 0 Å². The zero-order valence-electron chi connectivity index (χ0n) is 19.5. The Bertz CT molecular complexity index is 1510. The molecular weight excluding hydrogens is 554 g/mol. The normalized spacial score (nSPS) is 13.8. The molecule has 2 N–H and O–H groups in total. The largest absolute Gasteiger partial charge is 0.290 e.